The summed E-state index contributed by atoms with van der Waals surface area (Å²) in [7, 11) is 0.554. The van der Waals surface area contributed by atoms with Gasteiger partial charge in [-0.05, 0) is 6.92 Å². The molecule has 12 heavy (non-hydrogen) atoms. The van der Waals surface area contributed by atoms with E-state index in [1.54, 1.807) is 6.92 Å². The molecule has 0 heterocycles. The average Bonchev–Trinajstić information content (AvgIpc) is 1.85. The van der Waals surface area contributed by atoms with Crippen LogP contribution in [0.5, 0.6) is 0 Å². The van der Waals surface area contributed by atoms with Gasteiger partial charge in [0, 0.05) is 14.0 Å². The van der Waals surface area contributed by atoms with Crippen LogP contribution in [0, 0.1) is 0 Å². The van der Waals surface area contributed by atoms with Crippen LogP contribution in [0.4, 0.5) is 0 Å². The van der Waals surface area contributed by atoms with Crippen LogP contribution >= 0.6 is 0 Å². The smallest absolute Gasteiger partial charge is 0.175 e. The highest BCUT2D eigenvalue weighted by Crippen LogP contribution is 2.06. The number of carbonyl (C=O) groups excluding carboxylic acids is 1. The summed E-state index contributed by atoms with van der Waals surface area (Å²) in [5.74, 6) is 0.0418. The fourth-order valence-corrected chi connectivity index (χ4v) is 0.895. The molecule has 0 aliphatic rings. The molecule has 0 radical (unpaired) electrons. The fourth-order valence-electron chi connectivity index (χ4n) is 0.445. The zero-order valence-electron chi connectivity index (χ0n) is 8.80. The number of Topliss-reactive ketones (excluding diaryl/α,β-unsaturated/α-hetero) is 1. The lowest BCUT2D eigenvalue weighted by molar-refractivity contribution is -0.111. The van der Waals surface area contributed by atoms with Gasteiger partial charge in [-0.2, -0.15) is 5.10 Å². The number of ketones is 1. The number of nitrogens with zero attached hydrogens (tertiary/aromatic N) is 2. The van der Waals surface area contributed by atoms with E-state index in [2.05, 4.69) is 24.7 Å². The van der Waals surface area contributed by atoms with Crippen molar-refractivity contribution in [3.8, 4) is 0 Å². The van der Waals surface area contributed by atoms with E-state index in [0.717, 1.165) is 0 Å². The summed E-state index contributed by atoms with van der Waals surface area (Å²) < 4.78 is 1.93. The highest BCUT2D eigenvalue weighted by atomic mass is 28.3. The summed E-state index contributed by atoms with van der Waals surface area (Å²) in [6.07, 6.45) is 0. The van der Waals surface area contributed by atoms with E-state index >= 15 is 0 Å². The molecule has 0 fully saturated rings. The van der Waals surface area contributed by atoms with Crippen molar-refractivity contribution in [3.05, 3.63) is 0 Å². The van der Waals surface area contributed by atoms with Gasteiger partial charge in [0.15, 0.2) is 14.0 Å². The molecule has 0 saturated carbocycles. The van der Waals surface area contributed by atoms with E-state index < -0.39 is 8.24 Å². The second kappa shape index (κ2) is 3.84. The Bertz CT molecular complexity index is 206. The molecule has 0 aliphatic heterocycles. The number of carbonyl (C=O) groups is 1. The van der Waals surface area contributed by atoms with E-state index in [1.807, 2.05) is 11.7 Å². The van der Waals surface area contributed by atoms with Crippen molar-refractivity contribution in [1.29, 1.82) is 0 Å². The second-order valence-corrected chi connectivity index (χ2v) is 8.92. The predicted octanol–water partition coefficient (Wildman–Crippen LogP) is 1.72. The lowest BCUT2D eigenvalue weighted by atomic mass is 10.3. The molecule has 4 heteroatoms. The van der Waals surface area contributed by atoms with Crippen LogP contribution in [0.1, 0.15) is 13.8 Å². The summed E-state index contributed by atoms with van der Waals surface area (Å²) in [4.78, 5) is 10.9. The number of rotatable bonds is 3. The van der Waals surface area contributed by atoms with Crippen molar-refractivity contribution in [3.63, 3.8) is 0 Å². The normalized spacial score (nSPS) is 13.0. The molecule has 0 aromatic rings. The third-order valence-corrected chi connectivity index (χ3v) is 3.82. The molecule has 0 atom stereocenters. The highest BCUT2D eigenvalue weighted by molar-refractivity contribution is 6.73. The molecule has 0 aromatic carbocycles. The molecule has 0 aliphatic carbocycles. The molecule has 0 spiro atoms. The molecule has 0 bridgehead atoms. The van der Waals surface area contributed by atoms with Crippen LogP contribution in [0.2, 0.25) is 19.6 Å². The van der Waals surface area contributed by atoms with Gasteiger partial charge in [-0.25, -0.2) is 0 Å². The third kappa shape index (κ3) is 3.66. The first-order chi connectivity index (χ1) is 5.25. The van der Waals surface area contributed by atoms with E-state index in [-0.39, 0.29) is 5.78 Å². The van der Waals surface area contributed by atoms with Gasteiger partial charge in [0.05, 0.1) is 5.71 Å². The number of hydrazone groups is 1. The van der Waals surface area contributed by atoms with Crippen molar-refractivity contribution in [2.24, 2.45) is 5.10 Å². The van der Waals surface area contributed by atoms with Gasteiger partial charge in [-0.1, -0.05) is 19.6 Å². The molecule has 0 amide bonds. The topological polar surface area (TPSA) is 32.7 Å². The van der Waals surface area contributed by atoms with Gasteiger partial charge in [0.25, 0.3) is 0 Å². The molecule has 0 N–H and O–H groups in total. The maximum atomic E-state index is 10.9. The van der Waals surface area contributed by atoms with Crippen molar-refractivity contribution in [1.82, 2.24) is 4.67 Å². The quantitative estimate of drug-likeness (QED) is 0.382. The average molecular weight is 186 g/mol. The van der Waals surface area contributed by atoms with Crippen molar-refractivity contribution in [2.45, 2.75) is 33.5 Å². The molecule has 3 nitrogen and oxygen atoms in total. The van der Waals surface area contributed by atoms with Crippen LogP contribution < -0.4 is 0 Å². The van der Waals surface area contributed by atoms with Crippen molar-refractivity contribution < 1.29 is 4.79 Å². The predicted molar refractivity (Wildman–Crippen MR) is 54.9 cm³/mol. The molecule has 0 saturated heterocycles. The monoisotopic (exact) mass is 186 g/mol. The Morgan fingerprint density at radius 2 is 1.67 bits per heavy atom. The van der Waals surface area contributed by atoms with Gasteiger partial charge in [-0.3, -0.25) is 4.79 Å². The number of hydrogen-bond acceptors (Lipinski definition) is 3. The lowest BCUT2D eigenvalue weighted by Crippen LogP contribution is -2.40. The Hall–Kier alpha value is -0.643. The Balaban J connectivity index is 4.44. The Labute approximate surface area is 75.5 Å². The van der Waals surface area contributed by atoms with E-state index in [4.69, 9.17) is 0 Å². The summed E-state index contributed by atoms with van der Waals surface area (Å²) in [5.41, 5.74) is 0.583. The van der Waals surface area contributed by atoms with Crippen LogP contribution in [-0.4, -0.2) is 31.5 Å². The molecule has 0 aromatic heterocycles. The maximum Gasteiger partial charge on any atom is 0.175 e. The van der Waals surface area contributed by atoms with Crippen LogP contribution in [0.15, 0.2) is 5.10 Å². The van der Waals surface area contributed by atoms with Gasteiger partial charge < -0.3 is 4.67 Å². The van der Waals surface area contributed by atoms with Gasteiger partial charge >= 0.3 is 0 Å². The van der Waals surface area contributed by atoms with E-state index in [9.17, 15) is 4.79 Å². The molecular weight excluding hydrogens is 168 g/mol. The Kier molecular flexibility index (Phi) is 3.64. The fraction of sp³-hybridized carbons (Fsp3) is 0.750. The lowest BCUT2D eigenvalue weighted by Gasteiger charge is -2.27. The van der Waals surface area contributed by atoms with Gasteiger partial charge in [-0.15, -0.1) is 0 Å². The van der Waals surface area contributed by atoms with Crippen LogP contribution in [0.3, 0.4) is 0 Å². The zero-order valence-corrected chi connectivity index (χ0v) is 9.80. The first kappa shape index (κ1) is 11.4. The SMILES string of the molecule is CC(=O)C(C)=NN(C)[Si](C)(C)C. The molecular formula is C8H18N2OSi. The summed E-state index contributed by atoms with van der Waals surface area (Å²) in [5, 5.41) is 4.21. The Morgan fingerprint density at radius 1 is 1.25 bits per heavy atom. The minimum absolute atomic E-state index is 0.0418. The van der Waals surface area contributed by atoms with Crippen LogP contribution in [0.25, 0.3) is 0 Å². The molecule has 70 valence electrons. The minimum atomic E-state index is -1.38. The highest BCUT2D eigenvalue weighted by Gasteiger charge is 2.19. The summed E-state index contributed by atoms with van der Waals surface area (Å²) in [6, 6.07) is 0. The maximum absolute atomic E-state index is 10.9. The largest absolute Gasteiger partial charge is 0.327 e. The minimum Gasteiger partial charge on any atom is -0.327 e. The summed E-state index contributed by atoms with van der Waals surface area (Å²) >= 11 is 0. The molecule has 0 rings (SSSR count). The number of hydrogen-bond donors (Lipinski definition) is 0. The third-order valence-electron chi connectivity index (χ3n) is 1.78. The van der Waals surface area contributed by atoms with Gasteiger partial charge in [0.1, 0.15) is 0 Å². The van der Waals surface area contributed by atoms with E-state index in [0.29, 0.717) is 5.71 Å². The standard InChI is InChI=1S/C8H18N2OSi/c1-7(8(2)11)9-10(3)12(4,5)6/h1-6H3. The first-order valence-electron chi connectivity index (χ1n) is 4.05. The Morgan fingerprint density at radius 3 is 1.92 bits per heavy atom. The molecule has 0 unspecified atom stereocenters. The zero-order chi connectivity index (χ0) is 9.94. The van der Waals surface area contributed by atoms with Gasteiger partial charge in [0.2, 0.25) is 0 Å². The van der Waals surface area contributed by atoms with Crippen LogP contribution in [-0.2, 0) is 4.79 Å². The van der Waals surface area contributed by atoms with Crippen molar-refractivity contribution >= 4 is 19.7 Å². The van der Waals surface area contributed by atoms with E-state index in [1.165, 1.54) is 6.92 Å². The first-order valence-corrected chi connectivity index (χ1v) is 7.50. The summed E-state index contributed by atoms with van der Waals surface area (Å²) in [6.45, 7) is 9.84. The van der Waals surface area contributed by atoms with Crippen molar-refractivity contribution in [2.75, 3.05) is 7.05 Å². The second-order valence-electron chi connectivity index (χ2n) is 3.94.